The van der Waals surface area contributed by atoms with Gasteiger partial charge in [0.1, 0.15) is 30.4 Å². The van der Waals surface area contributed by atoms with E-state index in [1.165, 1.54) is 23.8 Å². The van der Waals surface area contributed by atoms with Crippen LogP contribution >= 0.6 is 0 Å². The lowest BCUT2D eigenvalue weighted by Crippen LogP contribution is -2.51. The Morgan fingerprint density at radius 1 is 1.09 bits per heavy atom. The van der Waals surface area contributed by atoms with Crippen molar-refractivity contribution in [2.24, 2.45) is 0 Å². The Labute approximate surface area is 267 Å². The number of nitrogens with zero attached hydrogens (tertiary/aromatic N) is 7. The third kappa shape index (κ3) is 7.36. The van der Waals surface area contributed by atoms with Crippen molar-refractivity contribution in [3.05, 3.63) is 54.4 Å². The van der Waals surface area contributed by atoms with Crippen LogP contribution in [0.3, 0.4) is 0 Å². The number of hydrogen-bond donors (Lipinski definition) is 2. The Morgan fingerprint density at radius 3 is 2.54 bits per heavy atom. The molecule has 0 radical (unpaired) electrons. The van der Waals surface area contributed by atoms with Crippen LogP contribution in [-0.4, -0.2) is 113 Å². The summed E-state index contributed by atoms with van der Waals surface area (Å²) in [5, 5.41) is 22.6. The van der Waals surface area contributed by atoms with Gasteiger partial charge in [-0.15, -0.1) is 0 Å². The third-order valence-electron chi connectivity index (χ3n) is 8.87. The second-order valence-electron chi connectivity index (χ2n) is 11.9. The van der Waals surface area contributed by atoms with Gasteiger partial charge in [0, 0.05) is 75.3 Å². The molecule has 2 aromatic carbocycles. The van der Waals surface area contributed by atoms with Crippen LogP contribution in [0.25, 0.3) is 11.4 Å². The fraction of sp³-hybridized carbons (Fsp3) is 0.485. The zero-order valence-electron chi connectivity index (χ0n) is 25.9. The van der Waals surface area contributed by atoms with Crippen LogP contribution in [0.15, 0.2) is 48.8 Å². The van der Waals surface area contributed by atoms with Crippen molar-refractivity contribution >= 4 is 23.2 Å². The number of carbonyl (C=O) groups excluding carboxylic acids is 1. The van der Waals surface area contributed by atoms with E-state index in [0.29, 0.717) is 23.4 Å². The fourth-order valence-electron chi connectivity index (χ4n) is 6.28. The highest BCUT2D eigenvalue weighted by atomic mass is 19.1. The second-order valence-corrected chi connectivity index (χ2v) is 11.9. The highest BCUT2D eigenvalue weighted by Crippen LogP contribution is 2.29. The molecule has 46 heavy (non-hydrogen) atoms. The maximum absolute atomic E-state index is 14.9. The lowest BCUT2D eigenvalue weighted by atomic mass is 10.0. The molecule has 0 spiro atoms. The number of anilines is 3. The Hall–Kier alpha value is -4.38. The quantitative estimate of drug-likeness (QED) is 0.379. The molecule has 4 heterocycles. The van der Waals surface area contributed by atoms with Crippen LogP contribution in [0.4, 0.5) is 21.7 Å². The van der Waals surface area contributed by atoms with E-state index in [1.807, 2.05) is 12.1 Å². The van der Waals surface area contributed by atoms with E-state index in [0.717, 1.165) is 57.9 Å². The summed E-state index contributed by atoms with van der Waals surface area (Å²) in [4.78, 5) is 31.4. The molecule has 3 atom stereocenters. The summed E-state index contributed by atoms with van der Waals surface area (Å²) in [5.41, 5.74) is 2.81. The minimum atomic E-state index is -1.46. The molecular weight excluding hydrogens is 591 g/mol. The van der Waals surface area contributed by atoms with Crippen LogP contribution in [0.1, 0.15) is 31.7 Å². The molecule has 3 fully saturated rings. The smallest absolute Gasteiger partial charge is 0.251 e. The molecule has 0 aliphatic carbocycles. The van der Waals surface area contributed by atoms with Gasteiger partial charge in [0.2, 0.25) is 5.95 Å². The van der Waals surface area contributed by atoms with E-state index in [1.54, 1.807) is 18.2 Å². The summed E-state index contributed by atoms with van der Waals surface area (Å²) in [6.45, 7) is 7.27. The monoisotopic (exact) mass is 630 g/mol. The Kier molecular flexibility index (Phi) is 9.87. The van der Waals surface area contributed by atoms with Gasteiger partial charge >= 0.3 is 0 Å². The van der Waals surface area contributed by atoms with E-state index >= 15 is 0 Å². The molecule has 3 saturated heterocycles. The first-order valence-electron chi connectivity index (χ1n) is 15.8. The molecule has 12 nitrogen and oxygen atoms in total. The zero-order chi connectivity index (χ0) is 32.0. The molecule has 2 N–H and O–H groups in total. The van der Waals surface area contributed by atoms with Gasteiger partial charge in [-0.3, -0.25) is 9.69 Å². The summed E-state index contributed by atoms with van der Waals surface area (Å²) < 4.78 is 26.3. The topological polar surface area (TPSA) is 140 Å². The van der Waals surface area contributed by atoms with Crippen molar-refractivity contribution in [1.29, 1.82) is 5.26 Å². The lowest BCUT2D eigenvalue weighted by Gasteiger charge is -2.41. The Balaban J connectivity index is 1.06. The third-order valence-corrected chi connectivity index (χ3v) is 8.87. The number of amides is 1. The van der Waals surface area contributed by atoms with Gasteiger partial charge in [-0.05, 0) is 62.2 Å². The van der Waals surface area contributed by atoms with Crippen LogP contribution in [0.2, 0.25) is 0 Å². The van der Waals surface area contributed by atoms with Gasteiger partial charge in [0.25, 0.3) is 5.91 Å². The van der Waals surface area contributed by atoms with Crippen molar-refractivity contribution in [1.82, 2.24) is 24.8 Å². The molecule has 6 rings (SSSR count). The molecule has 13 heteroatoms. The fourth-order valence-corrected chi connectivity index (χ4v) is 6.28. The highest BCUT2D eigenvalue weighted by molar-refractivity contribution is 5.80. The van der Waals surface area contributed by atoms with Crippen LogP contribution in [0, 0.1) is 11.3 Å². The predicted molar refractivity (Wildman–Crippen MR) is 170 cm³/mol. The molecule has 1 amide bonds. The van der Waals surface area contributed by atoms with E-state index in [4.69, 9.17) is 9.47 Å². The molecule has 0 saturated carbocycles. The van der Waals surface area contributed by atoms with Crippen molar-refractivity contribution < 1.29 is 23.8 Å². The number of likely N-dealkylation sites (tertiary alicyclic amines) is 1. The van der Waals surface area contributed by atoms with Gasteiger partial charge in [-0.2, -0.15) is 10.2 Å². The second kappa shape index (κ2) is 14.4. The summed E-state index contributed by atoms with van der Waals surface area (Å²) in [5.74, 6) is 0.460. The molecule has 0 unspecified atom stereocenters. The Bertz CT molecular complexity index is 1540. The minimum absolute atomic E-state index is 0.175. The number of ether oxygens (including phenoxy) is 2. The number of alkyl halides is 1. The van der Waals surface area contributed by atoms with Gasteiger partial charge in [0.15, 0.2) is 12.0 Å². The highest BCUT2D eigenvalue weighted by Gasteiger charge is 2.34. The number of piperazine rings is 1. The largest absolute Gasteiger partial charge is 0.486 e. The average Bonchev–Trinajstić information content (AvgIpc) is 3.10. The van der Waals surface area contributed by atoms with Crippen molar-refractivity contribution in [2.75, 3.05) is 62.7 Å². The maximum Gasteiger partial charge on any atom is 0.251 e. The zero-order valence-corrected chi connectivity index (χ0v) is 25.9. The number of aliphatic hydroxyl groups is 1. The standard InChI is InChI=1S/C33H39FN8O4/c1-22(43)32(44)42-11-8-30(28(34)20-42)46-29-7-2-23(18-24(29)19-35)31-36-21-37-33(39-31)38-25-3-5-26(6-4-25)40-12-14-41(15-13-40)27-9-16-45-17-10-27/h2-7,18,21-22,27-28,30,43H,8-17,20H2,1H3,(H,36,37,38,39)/t22-,28-,30-/m0/s1. The number of carbonyl (C=O) groups is 1. The first kappa shape index (κ1) is 31.6. The lowest BCUT2D eigenvalue weighted by molar-refractivity contribution is -0.143. The summed E-state index contributed by atoms with van der Waals surface area (Å²) >= 11 is 0. The van der Waals surface area contributed by atoms with Crippen molar-refractivity contribution in [2.45, 2.75) is 50.6 Å². The molecule has 242 valence electrons. The maximum atomic E-state index is 14.9. The van der Waals surface area contributed by atoms with Gasteiger partial charge in [0.05, 0.1) is 12.1 Å². The predicted octanol–water partition coefficient (Wildman–Crippen LogP) is 3.15. The first-order valence-corrected chi connectivity index (χ1v) is 15.8. The molecule has 0 bridgehead atoms. The van der Waals surface area contributed by atoms with E-state index in [9.17, 15) is 19.6 Å². The number of halogens is 1. The molecule has 3 aliphatic heterocycles. The van der Waals surface area contributed by atoms with E-state index in [-0.39, 0.29) is 30.8 Å². The van der Waals surface area contributed by atoms with Crippen LogP contribution in [0.5, 0.6) is 5.75 Å². The van der Waals surface area contributed by atoms with Gasteiger partial charge in [-0.1, -0.05) is 0 Å². The summed E-state index contributed by atoms with van der Waals surface area (Å²) in [6.07, 6.45) is 0.422. The van der Waals surface area contributed by atoms with Crippen molar-refractivity contribution in [3.8, 4) is 23.2 Å². The van der Waals surface area contributed by atoms with Crippen LogP contribution < -0.4 is 15.0 Å². The minimum Gasteiger partial charge on any atom is -0.486 e. The summed E-state index contributed by atoms with van der Waals surface area (Å²) in [7, 11) is 0. The molecule has 3 aromatic rings. The number of hydrogen-bond acceptors (Lipinski definition) is 11. The van der Waals surface area contributed by atoms with E-state index in [2.05, 4.69) is 48.3 Å². The number of aliphatic hydroxyl groups excluding tert-OH is 1. The van der Waals surface area contributed by atoms with Gasteiger partial charge in [-0.25, -0.2) is 14.4 Å². The Morgan fingerprint density at radius 2 is 1.85 bits per heavy atom. The van der Waals surface area contributed by atoms with Crippen LogP contribution in [-0.2, 0) is 9.53 Å². The number of aromatic nitrogens is 3. The molecule has 3 aliphatic rings. The molecule has 1 aromatic heterocycles. The number of benzene rings is 2. The van der Waals surface area contributed by atoms with Crippen molar-refractivity contribution in [3.63, 3.8) is 0 Å². The SMILES string of the molecule is C[C@H](O)C(=O)N1CC[C@H](Oc2ccc(-c3ncnc(Nc4ccc(N5CCN(C6CCOCC6)CC5)cc4)n3)cc2C#N)[C@@H](F)C1. The molecular formula is C33H39FN8O4. The number of nitriles is 1. The average molecular weight is 631 g/mol. The first-order chi connectivity index (χ1) is 22.4. The van der Waals surface area contributed by atoms with Gasteiger partial charge < -0.3 is 29.7 Å². The summed E-state index contributed by atoms with van der Waals surface area (Å²) in [6, 6.07) is 15.9. The normalized spacial score (nSPS) is 21.8. The van der Waals surface area contributed by atoms with E-state index < -0.39 is 24.3 Å². The number of piperidine rings is 1. The number of nitrogens with one attached hydrogen (secondary N) is 1. The number of rotatable bonds is 8.